The summed E-state index contributed by atoms with van der Waals surface area (Å²) in [5, 5.41) is 32.4. The third-order valence-electron chi connectivity index (χ3n) is 5.70. The normalized spacial score (nSPS) is 11.9. The summed E-state index contributed by atoms with van der Waals surface area (Å²) < 4.78 is 25.9. The maximum Gasteiger partial charge on any atom is 0.336 e. The highest BCUT2D eigenvalue weighted by Gasteiger charge is 2.27. The fourth-order valence-electron chi connectivity index (χ4n) is 3.51. The second-order valence-electron chi connectivity index (χ2n) is 10.1. The predicted molar refractivity (Wildman–Crippen MR) is 155 cm³/mol. The van der Waals surface area contributed by atoms with E-state index in [2.05, 4.69) is 20.6 Å². The van der Waals surface area contributed by atoms with E-state index in [1.807, 2.05) is 20.8 Å². The minimum atomic E-state index is -3.67. The monoisotopic (exact) mass is 600 g/mol. The molecule has 2 heterocycles. The molecule has 1 aromatic carbocycles. The van der Waals surface area contributed by atoms with E-state index < -0.39 is 39.4 Å². The first-order valence-electron chi connectivity index (χ1n) is 12.2. The van der Waals surface area contributed by atoms with Crippen LogP contribution in [-0.4, -0.2) is 75.7 Å². The van der Waals surface area contributed by atoms with Gasteiger partial charge in [0.2, 0.25) is 0 Å². The molecule has 0 saturated carbocycles. The van der Waals surface area contributed by atoms with Crippen LogP contribution in [0.2, 0.25) is 0 Å². The fraction of sp³-hybridized carbons (Fsp3) is 0.259. The number of nitrogens with two attached hydrogens (primary N) is 1. The van der Waals surface area contributed by atoms with Crippen molar-refractivity contribution in [2.45, 2.75) is 26.8 Å². The van der Waals surface area contributed by atoms with Crippen molar-refractivity contribution in [3.05, 3.63) is 77.4 Å². The second-order valence-corrected chi connectivity index (χ2v) is 11.6. The van der Waals surface area contributed by atoms with Crippen LogP contribution in [0.5, 0.6) is 0 Å². The summed E-state index contributed by atoms with van der Waals surface area (Å²) in [5.74, 6) is -2.58. The smallest absolute Gasteiger partial charge is 0.336 e. The SMILES string of the molecule is CC(C)(C)C(CO)NC(=O)c1ccc(-c2cnccc2C(=O)Nc2ccc(C(=N)N)nc2)c(C(=O)O)c1.CS(=O)(=O)O. The van der Waals surface area contributed by atoms with Crippen molar-refractivity contribution in [3.8, 4) is 11.1 Å². The van der Waals surface area contributed by atoms with E-state index in [1.54, 1.807) is 0 Å². The van der Waals surface area contributed by atoms with Crippen molar-refractivity contribution >= 4 is 39.4 Å². The van der Waals surface area contributed by atoms with Gasteiger partial charge in [-0.15, -0.1) is 0 Å². The van der Waals surface area contributed by atoms with E-state index in [1.165, 1.54) is 55.0 Å². The lowest BCUT2D eigenvalue weighted by atomic mass is 9.87. The Bertz CT molecular complexity index is 1580. The molecule has 1 atom stereocenters. The molecule has 3 rings (SSSR count). The van der Waals surface area contributed by atoms with Crippen molar-refractivity contribution in [1.82, 2.24) is 15.3 Å². The molecule has 2 amide bonds. The van der Waals surface area contributed by atoms with Gasteiger partial charge in [0.05, 0.1) is 41.9 Å². The van der Waals surface area contributed by atoms with E-state index in [4.69, 9.17) is 15.7 Å². The number of aliphatic hydroxyl groups is 1. The van der Waals surface area contributed by atoms with Crippen LogP contribution in [0.1, 0.15) is 57.5 Å². The van der Waals surface area contributed by atoms with Crippen LogP contribution in [0.25, 0.3) is 11.1 Å². The zero-order valence-electron chi connectivity index (χ0n) is 23.2. The highest BCUT2D eigenvalue weighted by atomic mass is 32.2. The maximum absolute atomic E-state index is 13.1. The minimum Gasteiger partial charge on any atom is -0.478 e. The number of carboxylic acids is 1. The topological polar surface area (TPSA) is 246 Å². The number of carboxylic acid groups (broad SMARTS) is 1. The number of carbonyl (C=O) groups excluding carboxylic acids is 2. The third kappa shape index (κ3) is 9.72. The summed E-state index contributed by atoms with van der Waals surface area (Å²) in [6.45, 7) is 5.31. The van der Waals surface area contributed by atoms with Gasteiger partial charge in [-0.25, -0.2) is 4.79 Å². The van der Waals surface area contributed by atoms with Gasteiger partial charge in [-0.3, -0.25) is 29.5 Å². The Labute approximate surface area is 242 Å². The van der Waals surface area contributed by atoms with Crippen molar-refractivity contribution < 1.29 is 37.6 Å². The van der Waals surface area contributed by atoms with Crippen LogP contribution in [0.15, 0.2) is 55.0 Å². The van der Waals surface area contributed by atoms with Gasteiger partial charge in [0.1, 0.15) is 11.5 Å². The number of rotatable bonds is 8. The fourth-order valence-corrected chi connectivity index (χ4v) is 3.51. The number of aromatic nitrogens is 2. The largest absolute Gasteiger partial charge is 0.478 e. The Hall–Kier alpha value is -4.73. The zero-order valence-corrected chi connectivity index (χ0v) is 24.1. The second kappa shape index (κ2) is 13.8. The number of hydrogen-bond acceptors (Lipinski definition) is 9. The Morgan fingerprint density at radius 3 is 2.17 bits per heavy atom. The Balaban J connectivity index is 0.00000113. The number of anilines is 1. The van der Waals surface area contributed by atoms with Gasteiger partial charge in [-0.05, 0) is 41.3 Å². The summed E-state index contributed by atoms with van der Waals surface area (Å²) >= 11 is 0. The van der Waals surface area contributed by atoms with Gasteiger partial charge in [0.15, 0.2) is 0 Å². The van der Waals surface area contributed by atoms with E-state index in [-0.39, 0.29) is 46.0 Å². The van der Waals surface area contributed by atoms with Crippen LogP contribution >= 0.6 is 0 Å². The van der Waals surface area contributed by atoms with Gasteiger partial charge in [-0.1, -0.05) is 26.8 Å². The molecule has 0 aliphatic rings. The third-order valence-corrected chi connectivity index (χ3v) is 5.70. The molecule has 15 heteroatoms. The van der Waals surface area contributed by atoms with Gasteiger partial charge in [-0.2, -0.15) is 8.42 Å². The minimum absolute atomic E-state index is 0.0929. The average molecular weight is 601 g/mol. The molecule has 0 radical (unpaired) electrons. The van der Waals surface area contributed by atoms with Crippen LogP contribution in [0, 0.1) is 10.8 Å². The number of aliphatic hydroxyl groups excluding tert-OH is 1. The van der Waals surface area contributed by atoms with Gasteiger partial charge < -0.3 is 26.6 Å². The molecule has 14 nitrogen and oxygen atoms in total. The number of amides is 2. The first kappa shape index (κ1) is 33.5. The maximum atomic E-state index is 13.1. The van der Waals surface area contributed by atoms with Crippen molar-refractivity contribution in [2.75, 3.05) is 18.2 Å². The van der Waals surface area contributed by atoms with Crippen LogP contribution < -0.4 is 16.4 Å². The van der Waals surface area contributed by atoms with Gasteiger partial charge >= 0.3 is 5.97 Å². The van der Waals surface area contributed by atoms with E-state index in [9.17, 15) is 33.0 Å². The molecule has 8 N–H and O–H groups in total. The number of amidine groups is 1. The summed E-state index contributed by atoms with van der Waals surface area (Å²) in [5.41, 5.74) is 6.08. The molecule has 0 bridgehead atoms. The molecule has 0 aliphatic heterocycles. The number of hydrogen-bond donors (Lipinski definition) is 7. The first-order valence-corrected chi connectivity index (χ1v) is 14.0. The number of nitrogen functional groups attached to an aromatic ring is 1. The number of aromatic carboxylic acids is 1. The Kier molecular flexibility index (Phi) is 11.0. The quantitative estimate of drug-likeness (QED) is 0.112. The zero-order chi connectivity index (χ0) is 31.8. The van der Waals surface area contributed by atoms with Crippen molar-refractivity contribution in [3.63, 3.8) is 0 Å². The number of benzene rings is 1. The number of nitrogens with zero attached hydrogens (tertiary/aromatic N) is 2. The van der Waals surface area contributed by atoms with Crippen molar-refractivity contribution in [1.29, 1.82) is 5.41 Å². The highest BCUT2D eigenvalue weighted by molar-refractivity contribution is 7.85. The number of carbonyl (C=O) groups is 3. The number of pyridine rings is 2. The standard InChI is InChI=1S/C26H28N6O5.CH4O3S/c1-26(2,3)21(13-33)32-23(34)14-4-6-16(18(10-14)25(36)37)19-12-29-9-8-17(19)24(35)31-15-5-7-20(22(27)28)30-11-15;1-5(2,3)4/h4-12,21,33H,13H2,1-3H3,(H3,27,28)(H,31,35)(H,32,34)(H,36,37);1H3,(H,2,3,4). The van der Waals surface area contributed by atoms with Crippen LogP contribution in [0.4, 0.5) is 5.69 Å². The predicted octanol–water partition coefficient (Wildman–Crippen LogP) is 2.02. The molecule has 42 heavy (non-hydrogen) atoms. The molecule has 3 aromatic rings. The van der Waals surface area contributed by atoms with E-state index in [0.29, 0.717) is 11.9 Å². The molecule has 0 spiro atoms. The number of nitrogens with one attached hydrogen (secondary N) is 3. The lowest BCUT2D eigenvalue weighted by Gasteiger charge is -2.29. The summed E-state index contributed by atoms with van der Waals surface area (Å²) in [4.78, 5) is 46.1. The van der Waals surface area contributed by atoms with Crippen LogP contribution in [-0.2, 0) is 10.1 Å². The molecule has 1 unspecified atom stereocenters. The highest BCUT2D eigenvalue weighted by Crippen LogP contribution is 2.29. The summed E-state index contributed by atoms with van der Waals surface area (Å²) in [6, 6.07) is 8.05. The Morgan fingerprint density at radius 1 is 1.02 bits per heavy atom. The molecule has 224 valence electrons. The van der Waals surface area contributed by atoms with Crippen LogP contribution in [0.3, 0.4) is 0 Å². The van der Waals surface area contributed by atoms with E-state index >= 15 is 0 Å². The molecule has 2 aromatic heterocycles. The molecule has 0 saturated heterocycles. The molecule has 0 fully saturated rings. The van der Waals surface area contributed by atoms with E-state index in [0.717, 1.165) is 0 Å². The van der Waals surface area contributed by atoms with Gasteiger partial charge in [0, 0.05) is 23.5 Å². The van der Waals surface area contributed by atoms with Crippen molar-refractivity contribution in [2.24, 2.45) is 11.1 Å². The van der Waals surface area contributed by atoms with Gasteiger partial charge in [0.25, 0.3) is 21.9 Å². The lowest BCUT2D eigenvalue weighted by Crippen LogP contribution is -2.46. The Morgan fingerprint density at radius 2 is 1.67 bits per heavy atom. The summed E-state index contributed by atoms with van der Waals surface area (Å²) in [7, 11) is -3.67. The average Bonchev–Trinajstić information content (AvgIpc) is 2.89. The molecular formula is C27H32N6O8S. The summed E-state index contributed by atoms with van der Waals surface area (Å²) in [6.07, 6.45) is 4.84. The molecular weight excluding hydrogens is 568 g/mol. The lowest BCUT2D eigenvalue weighted by molar-refractivity contribution is 0.0697. The molecule has 0 aliphatic carbocycles. The first-order chi connectivity index (χ1) is 19.4.